The number of piperazine rings is 1. The van der Waals surface area contributed by atoms with Gasteiger partial charge in [-0.2, -0.15) is 0 Å². The second-order valence-corrected chi connectivity index (χ2v) is 6.65. The molecule has 8 nitrogen and oxygen atoms in total. The van der Waals surface area contributed by atoms with Gasteiger partial charge in [-0.3, -0.25) is 14.9 Å². The van der Waals surface area contributed by atoms with E-state index >= 15 is 0 Å². The van der Waals surface area contributed by atoms with Crippen molar-refractivity contribution in [3.8, 4) is 5.75 Å². The number of hydrogen-bond donors (Lipinski definition) is 1. The van der Waals surface area contributed by atoms with Crippen LogP contribution in [0.3, 0.4) is 0 Å². The molecule has 0 bridgehead atoms. The smallest absolute Gasteiger partial charge is 0.321 e. The molecule has 2 heterocycles. The number of para-hydroxylation sites is 1. The van der Waals surface area contributed by atoms with Gasteiger partial charge in [-0.05, 0) is 20.0 Å². The van der Waals surface area contributed by atoms with E-state index in [2.05, 4.69) is 17.3 Å². The monoisotopic (exact) mass is 374 g/mol. The Labute approximate surface area is 159 Å². The number of benzene rings is 1. The first-order chi connectivity index (χ1) is 13.0. The molecule has 1 saturated heterocycles. The molecular weight excluding hydrogens is 348 g/mol. The van der Waals surface area contributed by atoms with E-state index in [1.807, 2.05) is 23.1 Å². The van der Waals surface area contributed by atoms with Gasteiger partial charge in [0.1, 0.15) is 11.8 Å². The summed E-state index contributed by atoms with van der Waals surface area (Å²) in [6.07, 6.45) is 0. The second-order valence-electron chi connectivity index (χ2n) is 6.65. The summed E-state index contributed by atoms with van der Waals surface area (Å²) in [7, 11) is 3.62. The molecule has 146 valence electrons. The first-order valence-electron chi connectivity index (χ1n) is 9.16. The number of aliphatic imine (C=N–C) groups is 1. The molecule has 1 N–H and O–H groups in total. The molecule has 0 radical (unpaired) electrons. The maximum Gasteiger partial charge on any atom is 0.321 e. The van der Waals surface area contributed by atoms with E-state index in [-0.39, 0.29) is 6.61 Å². The minimum atomic E-state index is -1.04. The van der Waals surface area contributed by atoms with Crippen LogP contribution in [0.25, 0.3) is 0 Å². The highest BCUT2D eigenvalue weighted by Crippen LogP contribution is 2.36. The van der Waals surface area contributed by atoms with Crippen molar-refractivity contribution in [1.82, 2.24) is 15.1 Å². The average Bonchev–Trinajstić information content (AvgIpc) is 2.68. The Morgan fingerprint density at radius 3 is 2.63 bits per heavy atom. The molecule has 1 amide bonds. The largest absolute Gasteiger partial charge is 0.496 e. The summed E-state index contributed by atoms with van der Waals surface area (Å²) in [5, 5.41) is 2.80. The quantitative estimate of drug-likeness (QED) is 0.615. The lowest BCUT2D eigenvalue weighted by Gasteiger charge is -2.37. The standard InChI is InChI=1S/C19H26N4O4/c1-4-27-18(25)15-16(13-7-5-6-8-14(13)26-3)20-19(21-17(15)24)23-11-9-22(2)10-12-23/h5-8,15-16H,4,9-12H2,1-3H3,(H,20,21,24)/t15-,16-/m1/s1. The summed E-state index contributed by atoms with van der Waals surface area (Å²) < 4.78 is 10.6. The number of hydrogen-bond acceptors (Lipinski definition) is 7. The van der Waals surface area contributed by atoms with Crippen LogP contribution < -0.4 is 10.1 Å². The molecule has 0 spiro atoms. The minimum absolute atomic E-state index is 0.205. The number of likely N-dealkylation sites (N-methyl/N-ethyl adjacent to an activating group) is 1. The topological polar surface area (TPSA) is 83.5 Å². The van der Waals surface area contributed by atoms with Gasteiger partial charge >= 0.3 is 5.97 Å². The molecule has 2 aliphatic heterocycles. The maximum absolute atomic E-state index is 12.8. The molecule has 2 aliphatic rings. The number of guanidine groups is 1. The lowest BCUT2D eigenvalue weighted by molar-refractivity contribution is -0.153. The number of methoxy groups -OCH3 is 1. The van der Waals surface area contributed by atoms with Crippen molar-refractivity contribution in [1.29, 1.82) is 0 Å². The highest BCUT2D eigenvalue weighted by Gasteiger charge is 2.43. The molecule has 1 fully saturated rings. The van der Waals surface area contributed by atoms with Gasteiger partial charge in [-0.15, -0.1) is 0 Å². The van der Waals surface area contributed by atoms with E-state index in [1.165, 1.54) is 0 Å². The molecule has 1 aromatic carbocycles. The van der Waals surface area contributed by atoms with E-state index in [9.17, 15) is 9.59 Å². The van der Waals surface area contributed by atoms with Gasteiger partial charge in [0, 0.05) is 31.7 Å². The van der Waals surface area contributed by atoms with Crippen LogP contribution in [0.2, 0.25) is 0 Å². The van der Waals surface area contributed by atoms with Crippen molar-refractivity contribution in [2.24, 2.45) is 10.9 Å². The van der Waals surface area contributed by atoms with E-state index in [4.69, 9.17) is 14.5 Å². The second kappa shape index (κ2) is 8.39. The molecule has 0 unspecified atom stereocenters. The summed E-state index contributed by atoms with van der Waals surface area (Å²) in [6.45, 7) is 5.22. The van der Waals surface area contributed by atoms with Crippen molar-refractivity contribution < 1.29 is 19.1 Å². The van der Waals surface area contributed by atoms with Gasteiger partial charge in [0.2, 0.25) is 11.9 Å². The molecule has 0 aromatic heterocycles. The first kappa shape index (κ1) is 19.2. The Morgan fingerprint density at radius 1 is 1.26 bits per heavy atom. The third-order valence-electron chi connectivity index (χ3n) is 4.90. The van der Waals surface area contributed by atoms with Crippen LogP contribution in [0.5, 0.6) is 5.75 Å². The van der Waals surface area contributed by atoms with Crippen LogP contribution in [-0.4, -0.2) is 74.6 Å². The summed E-state index contributed by atoms with van der Waals surface area (Å²) in [5.74, 6) is -0.921. The summed E-state index contributed by atoms with van der Waals surface area (Å²) in [5.41, 5.74) is 0.694. The number of carbonyl (C=O) groups is 2. The number of carbonyl (C=O) groups excluding carboxylic acids is 2. The van der Waals surface area contributed by atoms with Gasteiger partial charge in [0.05, 0.1) is 13.7 Å². The van der Waals surface area contributed by atoms with E-state index < -0.39 is 23.8 Å². The fraction of sp³-hybridized carbons (Fsp3) is 0.526. The van der Waals surface area contributed by atoms with Gasteiger partial charge in [-0.1, -0.05) is 18.2 Å². The van der Waals surface area contributed by atoms with Crippen LogP contribution in [0.1, 0.15) is 18.5 Å². The van der Waals surface area contributed by atoms with Gasteiger partial charge in [0.15, 0.2) is 5.92 Å². The first-order valence-corrected chi connectivity index (χ1v) is 9.16. The molecule has 0 aliphatic carbocycles. The molecular formula is C19H26N4O4. The van der Waals surface area contributed by atoms with Crippen molar-refractivity contribution in [3.05, 3.63) is 29.8 Å². The van der Waals surface area contributed by atoms with Crippen molar-refractivity contribution in [3.63, 3.8) is 0 Å². The van der Waals surface area contributed by atoms with Crippen molar-refractivity contribution in [2.75, 3.05) is 46.9 Å². The SMILES string of the molecule is CCOC(=O)[C@H]1C(=O)NC(N2CCN(C)CC2)=N[C@@H]1c1ccccc1OC. The molecule has 27 heavy (non-hydrogen) atoms. The summed E-state index contributed by atoms with van der Waals surface area (Å²) in [6, 6.07) is 6.63. The van der Waals surface area contributed by atoms with E-state index in [0.29, 0.717) is 17.3 Å². The minimum Gasteiger partial charge on any atom is -0.496 e. The third-order valence-corrected chi connectivity index (χ3v) is 4.90. The van der Waals surface area contributed by atoms with Gasteiger partial charge in [0.25, 0.3) is 0 Å². The number of nitrogens with zero attached hydrogens (tertiary/aromatic N) is 3. The predicted octanol–water partition coefficient (Wildman–Crippen LogP) is 0.649. The fourth-order valence-electron chi connectivity index (χ4n) is 3.38. The van der Waals surface area contributed by atoms with E-state index in [1.54, 1.807) is 20.1 Å². The predicted molar refractivity (Wildman–Crippen MR) is 101 cm³/mol. The van der Waals surface area contributed by atoms with Crippen molar-refractivity contribution >= 4 is 17.8 Å². The number of ether oxygens (including phenoxy) is 2. The number of amides is 1. The van der Waals surface area contributed by atoms with Crippen LogP contribution >= 0.6 is 0 Å². The lowest BCUT2D eigenvalue weighted by atomic mass is 9.90. The van der Waals surface area contributed by atoms with Crippen molar-refractivity contribution in [2.45, 2.75) is 13.0 Å². The number of nitrogens with one attached hydrogen (secondary N) is 1. The average molecular weight is 374 g/mol. The van der Waals surface area contributed by atoms with Crippen LogP contribution in [0.15, 0.2) is 29.3 Å². The molecule has 0 saturated carbocycles. The van der Waals surface area contributed by atoms with Crippen LogP contribution in [0, 0.1) is 5.92 Å². The normalized spacial score (nSPS) is 23.4. The maximum atomic E-state index is 12.8. The zero-order valence-electron chi connectivity index (χ0n) is 16.0. The molecule has 2 atom stereocenters. The highest BCUT2D eigenvalue weighted by atomic mass is 16.5. The zero-order valence-corrected chi connectivity index (χ0v) is 16.0. The van der Waals surface area contributed by atoms with Crippen LogP contribution in [-0.2, 0) is 14.3 Å². The third kappa shape index (κ3) is 4.05. The summed E-state index contributed by atoms with van der Waals surface area (Å²) >= 11 is 0. The summed E-state index contributed by atoms with van der Waals surface area (Å²) in [4.78, 5) is 34.4. The Kier molecular flexibility index (Phi) is 5.95. The number of rotatable bonds is 4. The van der Waals surface area contributed by atoms with Gasteiger partial charge in [-0.25, -0.2) is 4.99 Å². The Morgan fingerprint density at radius 2 is 1.96 bits per heavy atom. The van der Waals surface area contributed by atoms with E-state index in [0.717, 1.165) is 26.2 Å². The lowest BCUT2D eigenvalue weighted by Crippen LogP contribution is -2.56. The molecule has 8 heteroatoms. The fourth-order valence-corrected chi connectivity index (χ4v) is 3.38. The Bertz CT molecular complexity index is 728. The Hall–Kier alpha value is -2.61. The van der Waals surface area contributed by atoms with Gasteiger partial charge < -0.3 is 19.3 Å². The zero-order chi connectivity index (χ0) is 19.4. The number of esters is 1. The highest BCUT2D eigenvalue weighted by molar-refractivity contribution is 6.08. The van der Waals surface area contributed by atoms with Crippen LogP contribution in [0.4, 0.5) is 0 Å². The Balaban J connectivity index is 1.99. The molecule has 3 rings (SSSR count). The molecule has 1 aromatic rings.